The first-order chi connectivity index (χ1) is 8.54. The van der Waals surface area contributed by atoms with Gasteiger partial charge in [0.1, 0.15) is 17.2 Å². The van der Waals surface area contributed by atoms with E-state index in [9.17, 15) is 9.18 Å². The van der Waals surface area contributed by atoms with Gasteiger partial charge in [-0.25, -0.2) is 14.2 Å². The summed E-state index contributed by atoms with van der Waals surface area (Å²) >= 11 is 0. The average Bonchev–Trinajstić information content (AvgIpc) is 2.75. The van der Waals surface area contributed by atoms with Gasteiger partial charge in [-0.15, -0.1) is 0 Å². The highest BCUT2D eigenvalue weighted by Crippen LogP contribution is 2.25. The Kier molecular flexibility index (Phi) is 3.01. The van der Waals surface area contributed by atoms with Gasteiger partial charge < -0.3 is 15.4 Å². The Balaban J connectivity index is 2.58. The van der Waals surface area contributed by atoms with Crippen molar-refractivity contribution < 1.29 is 14.3 Å². The van der Waals surface area contributed by atoms with Crippen molar-refractivity contribution >= 4 is 11.7 Å². The predicted molar refractivity (Wildman–Crippen MR) is 64.7 cm³/mol. The number of hydrogen-bond acceptors (Lipinski definition) is 3. The van der Waals surface area contributed by atoms with Crippen LogP contribution in [0.4, 0.5) is 10.1 Å². The number of aromatic carboxylic acids is 1. The van der Waals surface area contributed by atoms with Crippen LogP contribution in [0.3, 0.4) is 0 Å². The van der Waals surface area contributed by atoms with Gasteiger partial charge in [0.15, 0.2) is 0 Å². The van der Waals surface area contributed by atoms with Crippen LogP contribution in [0.25, 0.3) is 11.4 Å². The number of nitrogens with zero attached hydrogens (tertiary/aromatic N) is 2. The fraction of sp³-hybridized carbons (Fsp3) is 0.167. The molecule has 0 unspecified atom stereocenters. The molecule has 2 rings (SSSR count). The van der Waals surface area contributed by atoms with Crippen LogP contribution in [-0.2, 0) is 6.54 Å². The molecule has 5 nitrogen and oxygen atoms in total. The second-order valence-electron chi connectivity index (χ2n) is 3.76. The highest BCUT2D eigenvalue weighted by atomic mass is 19.1. The SMILES string of the molecule is CCn1ccnc1-c1cc(N)c(C(=O)O)c(F)c1. The second kappa shape index (κ2) is 4.48. The van der Waals surface area contributed by atoms with E-state index in [4.69, 9.17) is 10.8 Å². The first kappa shape index (κ1) is 12.1. The normalized spacial score (nSPS) is 10.6. The molecule has 0 aliphatic heterocycles. The summed E-state index contributed by atoms with van der Waals surface area (Å²) in [6.45, 7) is 2.61. The van der Waals surface area contributed by atoms with Crippen molar-refractivity contribution in [3.8, 4) is 11.4 Å². The summed E-state index contributed by atoms with van der Waals surface area (Å²) in [7, 11) is 0. The summed E-state index contributed by atoms with van der Waals surface area (Å²) in [5.74, 6) is -1.68. The molecule has 0 aliphatic carbocycles. The Bertz CT molecular complexity index is 584. The molecule has 6 heteroatoms. The smallest absolute Gasteiger partial charge is 0.340 e. The molecule has 1 aromatic carbocycles. The molecule has 2 aromatic rings. The monoisotopic (exact) mass is 249 g/mol. The van der Waals surface area contributed by atoms with Crippen LogP contribution in [0.1, 0.15) is 17.3 Å². The van der Waals surface area contributed by atoms with Crippen LogP contribution in [0.5, 0.6) is 0 Å². The Labute approximate surface area is 103 Å². The standard InChI is InChI=1S/C12H12FN3O2/c1-2-16-4-3-15-11(16)7-5-8(13)10(12(17)18)9(14)6-7/h3-6H,2,14H2,1H3,(H,17,18). The molecule has 1 aromatic heterocycles. The molecule has 1 heterocycles. The first-order valence-corrected chi connectivity index (χ1v) is 5.38. The third-order valence-corrected chi connectivity index (χ3v) is 2.65. The maximum atomic E-state index is 13.7. The van der Waals surface area contributed by atoms with E-state index >= 15 is 0 Å². The Morgan fingerprint density at radius 2 is 2.28 bits per heavy atom. The fourth-order valence-electron chi connectivity index (χ4n) is 1.81. The number of benzene rings is 1. The van der Waals surface area contributed by atoms with E-state index < -0.39 is 17.3 Å². The zero-order chi connectivity index (χ0) is 13.3. The van der Waals surface area contributed by atoms with Crippen molar-refractivity contribution in [2.45, 2.75) is 13.5 Å². The second-order valence-corrected chi connectivity index (χ2v) is 3.76. The van der Waals surface area contributed by atoms with Gasteiger partial charge in [0.2, 0.25) is 0 Å². The highest BCUT2D eigenvalue weighted by molar-refractivity contribution is 5.95. The number of hydrogen-bond donors (Lipinski definition) is 2. The Hall–Kier alpha value is -2.37. The molecule has 0 atom stereocenters. The number of aryl methyl sites for hydroxylation is 1. The third-order valence-electron chi connectivity index (χ3n) is 2.65. The molecule has 0 saturated carbocycles. The van der Waals surface area contributed by atoms with Crippen LogP contribution in [0.2, 0.25) is 0 Å². The lowest BCUT2D eigenvalue weighted by Gasteiger charge is -2.08. The van der Waals surface area contributed by atoms with Crippen molar-refractivity contribution in [3.05, 3.63) is 35.9 Å². The summed E-state index contributed by atoms with van der Waals surface area (Å²) in [5, 5.41) is 8.83. The van der Waals surface area contributed by atoms with Gasteiger partial charge in [-0.05, 0) is 19.1 Å². The van der Waals surface area contributed by atoms with Crippen molar-refractivity contribution in [1.29, 1.82) is 0 Å². The number of imidazole rings is 1. The molecule has 0 bridgehead atoms. The number of nitrogens with two attached hydrogens (primary N) is 1. The van der Waals surface area contributed by atoms with Crippen LogP contribution >= 0.6 is 0 Å². The van der Waals surface area contributed by atoms with Crippen LogP contribution in [0, 0.1) is 5.82 Å². The molecular formula is C12H12FN3O2. The molecule has 3 N–H and O–H groups in total. The van der Waals surface area contributed by atoms with Gasteiger partial charge in [-0.1, -0.05) is 0 Å². The number of carbonyl (C=O) groups is 1. The molecule has 0 spiro atoms. The Morgan fingerprint density at radius 3 is 2.83 bits per heavy atom. The van der Waals surface area contributed by atoms with Crippen molar-refractivity contribution in [1.82, 2.24) is 9.55 Å². The lowest BCUT2D eigenvalue weighted by molar-refractivity contribution is 0.0693. The lowest BCUT2D eigenvalue weighted by Crippen LogP contribution is -2.07. The molecule has 0 aliphatic rings. The van der Waals surface area contributed by atoms with Crippen LogP contribution in [-0.4, -0.2) is 20.6 Å². The van der Waals surface area contributed by atoms with Gasteiger partial charge in [0.25, 0.3) is 0 Å². The maximum Gasteiger partial charge on any atom is 0.340 e. The van der Waals surface area contributed by atoms with Gasteiger partial charge in [-0.3, -0.25) is 0 Å². The van der Waals surface area contributed by atoms with E-state index in [1.165, 1.54) is 6.07 Å². The largest absolute Gasteiger partial charge is 0.478 e. The lowest BCUT2D eigenvalue weighted by atomic mass is 10.1. The zero-order valence-corrected chi connectivity index (χ0v) is 9.72. The molecule has 0 saturated heterocycles. The highest BCUT2D eigenvalue weighted by Gasteiger charge is 2.17. The summed E-state index contributed by atoms with van der Waals surface area (Å²) in [5.41, 5.74) is 5.41. The quantitative estimate of drug-likeness (QED) is 0.815. The Morgan fingerprint density at radius 1 is 1.56 bits per heavy atom. The minimum atomic E-state index is -1.38. The van der Waals surface area contributed by atoms with Crippen LogP contribution in [0.15, 0.2) is 24.5 Å². The van der Waals surface area contributed by atoms with Gasteiger partial charge in [0, 0.05) is 30.2 Å². The van der Waals surface area contributed by atoms with Crippen LogP contribution < -0.4 is 5.73 Å². The average molecular weight is 249 g/mol. The number of rotatable bonds is 3. The van der Waals surface area contributed by atoms with E-state index in [1.807, 2.05) is 11.5 Å². The third kappa shape index (κ3) is 1.92. The molecule has 0 amide bonds. The van der Waals surface area contributed by atoms with E-state index in [0.29, 0.717) is 17.9 Å². The van der Waals surface area contributed by atoms with Gasteiger partial charge >= 0.3 is 5.97 Å². The summed E-state index contributed by atoms with van der Waals surface area (Å²) < 4.78 is 15.5. The van der Waals surface area contributed by atoms with E-state index in [1.54, 1.807) is 12.4 Å². The topological polar surface area (TPSA) is 81.1 Å². The number of nitrogen functional groups attached to an aromatic ring is 1. The number of carboxylic acid groups (broad SMARTS) is 1. The van der Waals surface area contributed by atoms with Crippen molar-refractivity contribution in [3.63, 3.8) is 0 Å². The number of halogens is 1. The zero-order valence-electron chi connectivity index (χ0n) is 9.72. The first-order valence-electron chi connectivity index (χ1n) is 5.38. The number of aromatic nitrogens is 2. The summed E-state index contributed by atoms with van der Waals surface area (Å²) in [6.07, 6.45) is 3.35. The maximum absolute atomic E-state index is 13.7. The minimum absolute atomic E-state index is 0.108. The number of anilines is 1. The fourth-order valence-corrected chi connectivity index (χ4v) is 1.81. The number of carboxylic acids is 1. The van der Waals surface area contributed by atoms with Gasteiger partial charge in [-0.2, -0.15) is 0 Å². The predicted octanol–water partition coefficient (Wildman–Crippen LogP) is 1.99. The summed E-state index contributed by atoms with van der Waals surface area (Å²) in [4.78, 5) is 14.9. The molecular weight excluding hydrogens is 237 g/mol. The van der Waals surface area contributed by atoms with E-state index in [0.717, 1.165) is 6.07 Å². The summed E-state index contributed by atoms with van der Waals surface area (Å²) in [6, 6.07) is 2.55. The molecule has 18 heavy (non-hydrogen) atoms. The molecule has 0 fully saturated rings. The van der Waals surface area contributed by atoms with Crippen molar-refractivity contribution in [2.75, 3.05) is 5.73 Å². The molecule has 0 radical (unpaired) electrons. The minimum Gasteiger partial charge on any atom is -0.478 e. The van der Waals surface area contributed by atoms with E-state index in [2.05, 4.69) is 4.98 Å². The van der Waals surface area contributed by atoms with E-state index in [-0.39, 0.29) is 5.69 Å². The van der Waals surface area contributed by atoms with Gasteiger partial charge in [0.05, 0.1) is 0 Å². The molecule has 94 valence electrons. The van der Waals surface area contributed by atoms with Crippen molar-refractivity contribution in [2.24, 2.45) is 0 Å².